The highest BCUT2D eigenvalue weighted by Gasteiger charge is 2.27. The van der Waals surface area contributed by atoms with Crippen LogP contribution in [-0.4, -0.2) is 0 Å². The molecule has 0 saturated carbocycles. The summed E-state index contributed by atoms with van der Waals surface area (Å²) in [5, 5.41) is 2.85. The lowest BCUT2D eigenvalue weighted by atomic mass is 9.72. The quantitative estimate of drug-likeness (QED) is 0.633. The van der Waals surface area contributed by atoms with Crippen LogP contribution in [0, 0.1) is 11.8 Å². The van der Waals surface area contributed by atoms with Gasteiger partial charge in [0.1, 0.15) is 0 Å². The Labute approximate surface area is 103 Å². The fraction of sp³-hybridized carbons (Fsp3) is 0.294. The summed E-state index contributed by atoms with van der Waals surface area (Å²) >= 11 is 0. The molecule has 2 atom stereocenters. The van der Waals surface area contributed by atoms with E-state index in [0.717, 1.165) is 0 Å². The maximum atomic E-state index is 2.32. The predicted octanol–water partition coefficient (Wildman–Crippen LogP) is 2.79. The van der Waals surface area contributed by atoms with Crippen molar-refractivity contribution in [1.82, 2.24) is 0 Å². The SMILES string of the molecule is CC1=c2ccccc2=C(C)C2C1=CC=CC2C. The van der Waals surface area contributed by atoms with Crippen molar-refractivity contribution in [3.05, 3.63) is 58.5 Å². The Morgan fingerprint density at radius 2 is 1.71 bits per heavy atom. The molecule has 86 valence electrons. The van der Waals surface area contributed by atoms with E-state index >= 15 is 0 Å². The van der Waals surface area contributed by atoms with Gasteiger partial charge in [0, 0.05) is 5.92 Å². The molecule has 0 spiro atoms. The number of benzene rings is 1. The number of hydrogen-bond donors (Lipinski definition) is 0. The Morgan fingerprint density at radius 1 is 1.00 bits per heavy atom. The summed E-state index contributed by atoms with van der Waals surface area (Å²) in [7, 11) is 0. The zero-order chi connectivity index (χ0) is 12.0. The Morgan fingerprint density at radius 3 is 2.47 bits per heavy atom. The van der Waals surface area contributed by atoms with Gasteiger partial charge in [0.25, 0.3) is 0 Å². The Kier molecular flexibility index (Phi) is 2.32. The van der Waals surface area contributed by atoms with Gasteiger partial charge in [-0.3, -0.25) is 0 Å². The highest BCUT2D eigenvalue weighted by molar-refractivity contribution is 5.74. The van der Waals surface area contributed by atoms with Gasteiger partial charge in [-0.15, -0.1) is 0 Å². The number of allylic oxidation sites excluding steroid dienone is 4. The van der Waals surface area contributed by atoms with E-state index in [1.807, 2.05) is 0 Å². The van der Waals surface area contributed by atoms with Crippen molar-refractivity contribution < 1.29 is 0 Å². The molecule has 2 aliphatic carbocycles. The molecule has 0 N–H and O–H groups in total. The molecule has 1 aromatic carbocycles. The molecule has 3 rings (SSSR count). The van der Waals surface area contributed by atoms with Gasteiger partial charge < -0.3 is 0 Å². The van der Waals surface area contributed by atoms with Gasteiger partial charge in [-0.1, -0.05) is 55.0 Å². The van der Waals surface area contributed by atoms with Gasteiger partial charge in [-0.2, -0.15) is 0 Å². The van der Waals surface area contributed by atoms with Crippen LogP contribution >= 0.6 is 0 Å². The maximum Gasteiger partial charge on any atom is 0.0118 e. The van der Waals surface area contributed by atoms with Crippen LogP contribution in [0.5, 0.6) is 0 Å². The van der Waals surface area contributed by atoms with E-state index in [0.29, 0.717) is 11.8 Å². The van der Waals surface area contributed by atoms with Crippen molar-refractivity contribution in [3.63, 3.8) is 0 Å². The third-order valence-electron chi connectivity index (χ3n) is 4.21. The lowest BCUT2D eigenvalue weighted by Gasteiger charge is -2.32. The van der Waals surface area contributed by atoms with Gasteiger partial charge in [0.2, 0.25) is 0 Å². The average Bonchev–Trinajstić information content (AvgIpc) is 2.36. The van der Waals surface area contributed by atoms with Crippen LogP contribution in [0.25, 0.3) is 11.1 Å². The molecule has 0 heterocycles. The van der Waals surface area contributed by atoms with E-state index in [2.05, 4.69) is 63.3 Å². The highest BCUT2D eigenvalue weighted by Crippen LogP contribution is 2.37. The standard InChI is InChI=1S/C17H18/c1-11-7-6-10-16-12(2)14-8-4-5-9-15(14)13(3)17(11)16/h4-11,17H,1-3H3. The van der Waals surface area contributed by atoms with E-state index in [1.165, 1.54) is 27.2 Å². The first-order valence-corrected chi connectivity index (χ1v) is 6.35. The smallest absolute Gasteiger partial charge is 0.0118 e. The zero-order valence-corrected chi connectivity index (χ0v) is 10.7. The predicted molar refractivity (Wildman–Crippen MR) is 73.7 cm³/mol. The van der Waals surface area contributed by atoms with Crippen LogP contribution in [0.3, 0.4) is 0 Å². The third kappa shape index (κ3) is 1.44. The van der Waals surface area contributed by atoms with E-state index in [4.69, 9.17) is 0 Å². The molecule has 17 heavy (non-hydrogen) atoms. The van der Waals surface area contributed by atoms with Crippen molar-refractivity contribution in [2.75, 3.05) is 0 Å². The molecule has 0 amide bonds. The van der Waals surface area contributed by atoms with Gasteiger partial charge >= 0.3 is 0 Å². The van der Waals surface area contributed by atoms with Crippen molar-refractivity contribution in [2.45, 2.75) is 20.8 Å². The second-order valence-corrected chi connectivity index (χ2v) is 5.20. The Balaban J connectivity index is 2.43. The molecule has 0 fully saturated rings. The monoisotopic (exact) mass is 222 g/mol. The molecular weight excluding hydrogens is 204 g/mol. The minimum Gasteiger partial charge on any atom is -0.0808 e. The first-order valence-electron chi connectivity index (χ1n) is 6.35. The molecule has 0 aromatic heterocycles. The van der Waals surface area contributed by atoms with Gasteiger partial charge in [-0.05, 0) is 41.3 Å². The van der Waals surface area contributed by atoms with Crippen LogP contribution in [0.4, 0.5) is 0 Å². The van der Waals surface area contributed by atoms with Crippen LogP contribution in [0.2, 0.25) is 0 Å². The van der Waals surface area contributed by atoms with Crippen LogP contribution in [-0.2, 0) is 0 Å². The van der Waals surface area contributed by atoms with Crippen molar-refractivity contribution in [2.24, 2.45) is 11.8 Å². The maximum absolute atomic E-state index is 2.32. The topological polar surface area (TPSA) is 0 Å². The molecule has 1 aromatic rings. The van der Waals surface area contributed by atoms with E-state index in [1.54, 1.807) is 0 Å². The van der Waals surface area contributed by atoms with Crippen LogP contribution < -0.4 is 10.4 Å². The summed E-state index contributed by atoms with van der Waals surface area (Å²) in [6.45, 7) is 6.87. The molecule has 0 radical (unpaired) electrons. The molecule has 2 unspecified atom stereocenters. The molecule has 0 bridgehead atoms. The molecule has 0 heteroatoms. The summed E-state index contributed by atoms with van der Waals surface area (Å²) in [6, 6.07) is 8.79. The third-order valence-corrected chi connectivity index (χ3v) is 4.21. The molecular formula is C17H18. The second-order valence-electron chi connectivity index (χ2n) is 5.20. The first kappa shape index (κ1) is 10.6. The normalized spacial score (nSPS) is 26.4. The lowest BCUT2D eigenvalue weighted by molar-refractivity contribution is 0.593. The Hall–Kier alpha value is -1.56. The van der Waals surface area contributed by atoms with Gasteiger partial charge in [-0.25, -0.2) is 0 Å². The summed E-state index contributed by atoms with van der Waals surface area (Å²) < 4.78 is 0. The summed E-state index contributed by atoms with van der Waals surface area (Å²) in [6.07, 6.45) is 6.82. The van der Waals surface area contributed by atoms with E-state index in [-0.39, 0.29) is 0 Å². The number of fused-ring (bicyclic) bond motifs is 2. The fourth-order valence-corrected chi connectivity index (χ4v) is 3.30. The minimum atomic E-state index is 0.579. The minimum absolute atomic E-state index is 0.579. The first-order chi connectivity index (χ1) is 8.20. The van der Waals surface area contributed by atoms with Crippen molar-refractivity contribution in [1.29, 1.82) is 0 Å². The fourth-order valence-electron chi connectivity index (χ4n) is 3.30. The number of rotatable bonds is 0. The molecule has 2 aliphatic rings. The largest absolute Gasteiger partial charge is 0.0808 e. The summed E-state index contributed by atoms with van der Waals surface area (Å²) in [4.78, 5) is 0. The van der Waals surface area contributed by atoms with E-state index in [9.17, 15) is 0 Å². The molecule has 0 nitrogen and oxygen atoms in total. The number of hydrogen-bond acceptors (Lipinski definition) is 0. The average molecular weight is 222 g/mol. The second kappa shape index (κ2) is 3.73. The van der Waals surface area contributed by atoms with Crippen molar-refractivity contribution >= 4 is 11.1 Å². The molecule has 0 aliphatic heterocycles. The van der Waals surface area contributed by atoms with Crippen molar-refractivity contribution in [3.8, 4) is 0 Å². The summed E-state index contributed by atoms with van der Waals surface area (Å²) in [5.74, 6) is 1.19. The lowest BCUT2D eigenvalue weighted by Crippen LogP contribution is -2.37. The van der Waals surface area contributed by atoms with Crippen LogP contribution in [0.15, 0.2) is 48.1 Å². The van der Waals surface area contributed by atoms with E-state index < -0.39 is 0 Å². The van der Waals surface area contributed by atoms with Gasteiger partial charge in [0.05, 0.1) is 0 Å². The molecule has 0 saturated heterocycles. The Bertz CT molecular complexity index is 641. The highest BCUT2D eigenvalue weighted by atomic mass is 14.3. The van der Waals surface area contributed by atoms with Gasteiger partial charge in [0.15, 0.2) is 0 Å². The summed E-state index contributed by atoms with van der Waals surface area (Å²) in [5.41, 5.74) is 4.48. The van der Waals surface area contributed by atoms with Crippen LogP contribution in [0.1, 0.15) is 20.8 Å². The zero-order valence-electron chi connectivity index (χ0n) is 10.7.